The van der Waals surface area contributed by atoms with Crippen LogP contribution < -0.4 is 5.32 Å². The number of carbonyl (C=O) groups is 1. The number of benzene rings is 1. The highest BCUT2D eigenvalue weighted by atomic mass is 35.5. The molecule has 1 amide bonds. The molecule has 1 aliphatic carbocycles. The van der Waals surface area contributed by atoms with Gasteiger partial charge >= 0.3 is 0 Å². The van der Waals surface area contributed by atoms with Gasteiger partial charge in [-0.15, -0.1) is 0 Å². The van der Waals surface area contributed by atoms with Gasteiger partial charge in [0.05, 0.1) is 27.7 Å². The topological polar surface area (TPSA) is 81.5 Å². The molecule has 2 atom stereocenters. The lowest BCUT2D eigenvalue weighted by Gasteiger charge is -2.19. The number of carbonyl (C=O) groups excluding carboxylic acids is 1. The zero-order chi connectivity index (χ0) is 14.7. The van der Waals surface area contributed by atoms with Gasteiger partial charge in [-0.2, -0.15) is 0 Å². The number of rotatable bonds is 4. The quantitative estimate of drug-likeness (QED) is 0.684. The number of ether oxygens (including phenoxy) is 1. The van der Waals surface area contributed by atoms with Crippen LogP contribution in [0.3, 0.4) is 0 Å². The molecule has 6 nitrogen and oxygen atoms in total. The first-order chi connectivity index (χ1) is 9.52. The number of hydrogen-bond donors (Lipinski definition) is 1. The average Bonchev–Trinajstić information content (AvgIpc) is 2.86. The Morgan fingerprint density at radius 2 is 2.25 bits per heavy atom. The third-order valence-electron chi connectivity index (χ3n) is 3.48. The largest absolute Gasteiger partial charge is 0.379 e. The number of non-ortho nitro benzene ring substituents is 1. The van der Waals surface area contributed by atoms with Gasteiger partial charge in [0.25, 0.3) is 11.6 Å². The van der Waals surface area contributed by atoms with Gasteiger partial charge in [-0.05, 0) is 25.3 Å². The van der Waals surface area contributed by atoms with E-state index >= 15 is 0 Å². The molecule has 1 N–H and O–H groups in total. The molecule has 0 spiro atoms. The van der Waals surface area contributed by atoms with Crippen LogP contribution in [0.5, 0.6) is 0 Å². The van der Waals surface area contributed by atoms with E-state index in [0.717, 1.165) is 19.3 Å². The maximum atomic E-state index is 12.2. The summed E-state index contributed by atoms with van der Waals surface area (Å²) in [5.74, 6) is -0.410. The molecule has 0 radical (unpaired) electrons. The Morgan fingerprint density at radius 3 is 2.90 bits per heavy atom. The minimum atomic E-state index is -0.555. The Morgan fingerprint density at radius 1 is 1.50 bits per heavy atom. The fourth-order valence-electron chi connectivity index (χ4n) is 2.42. The lowest BCUT2D eigenvalue weighted by Crippen LogP contribution is -2.40. The van der Waals surface area contributed by atoms with Crippen molar-refractivity contribution < 1.29 is 14.5 Å². The van der Waals surface area contributed by atoms with Crippen LogP contribution in [0.4, 0.5) is 5.69 Å². The van der Waals surface area contributed by atoms with E-state index < -0.39 is 10.8 Å². The molecule has 108 valence electrons. The van der Waals surface area contributed by atoms with Crippen molar-refractivity contribution in [3.8, 4) is 0 Å². The Balaban J connectivity index is 2.16. The predicted octanol–water partition coefficient (Wildman–Crippen LogP) is 2.55. The molecule has 0 aliphatic heterocycles. The zero-order valence-corrected chi connectivity index (χ0v) is 11.7. The van der Waals surface area contributed by atoms with Crippen LogP contribution in [-0.2, 0) is 4.74 Å². The fourth-order valence-corrected chi connectivity index (χ4v) is 2.62. The van der Waals surface area contributed by atoms with E-state index in [9.17, 15) is 14.9 Å². The second kappa shape index (κ2) is 6.19. The molecule has 0 aromatic heterocycles. The van der Waals surface area contributed by atoms with Crippen molar-refractivity contribution >= 4 is 23.2 Å². The molecule has 0 heterocycles. The van der Waals surface area contributed by atoms with Crippen LogP contribution in [0.15, 0.2) is 18.2 Å². The summed E-state index contributed by atoms with van der Waals surface area (Å²) in [6.07, 6.45) is 2.68. The van der Waals surface area contributed by atoms with Gasteiger partial charge in [0.2, 0.25) is 0 Å². The Labute approximate surface area is 121 Å². The maximum absolute atomic E-state index is 12.2. The van der Waals surface area contributed by atoms with Crippen molar-refractivity contribution in [3.05, 3.63) is 38.9 Å². The highest BCUT2D eigenvalue weighted by molar-refractivity contribution is 6.33. The van der Waals surface area contributed by atoms with E-state index in [1.54, 1.807) is 7.11 Å². The number of halogens is 1. The zero-order valence-electron chi connectivity index (χ0n) is 11.0. The number of nitro groups is 1. The van der Waals surface area contributed by atoms with Crippen LogP contribution in [-0.4, -0.2) is 30.1 Å². The van der Waals surface area contributed by atoms with Gasteiger partial charge in [0.15, 0.2) is 0 Å². The summed E-state index contributed by atoms with van der Waals surface area (Å²) < 4.78 is 5.30. The van der Waals surface area contributed by atoms with E-state index in [1.807, 2.05) is 0 Å². The average molecular weight is 299 g/mol. The summed E-state index contributed by atoms with van der Waals surface area (Å²) >= 11 is 5.94. The third-order valence-corrected chi connectivity index (χ3v) is 3.81. The summed E-state index contributed by atoms with van der Waals surface area (Å²) in [5.41, 5.74) is -0.0446. The van der Waals surface area contributed by atoms with E-state index in [4.69, 9.17) is 16.3 Å². The lowest BCUT2D eigenvalue weighted by molar-refractivity contribution is -0.384. The van der Waals surface area contributed by atoms with Gasteiger partial charge in [-0.1, -0.05) is 11.6 Å². The van der Waals surface area contributed by atoms with Gasteiger partial charge in [-0.25, -0.2) is 0 Å². The SMILES string of the molecule is COC1CCCC1NC(=O)c1cc([N+](=O)[O-])ccc1Cl. The number of amides is 1. The third kappa shape index (κ3) is 3.08. The monoisotopic (exact) mass is 298 g/mol. The number of hydrogen-bond acceptors (Lipinski definition) is 4. The second-order valence-corrected chi connectivity index (χ2v) is 5.11. The maximum Gasteiger partial charge on any atom is 0.270 e. The van der Waals surface area contributed by atoms with Gasteiger partial charge in [-0.3, -0.25) is 14.9 Å². The Hall–Kier alpha value is -1.66. The fraction of sp³-hybridized carbons (Fsp3) is 0.462. The Kier molecular flexibility index (Phi) is 4.57. The molecular weight excluding hydrogens is 284 g/mol. The molecule has 1 aromatic carbocycles. The smallest absolute Gasteiger partial charge is 0.270 e. The van der Waals surface area contributed by atoms with Crippen LogP contribution in [0.2, 0.25) is 5.02 Å². The van der Waals surface area contributed by atoms with Crippen molar-refractivity contribution in [1.29, 1.82) is 0 Å². The normalized spacial score (nSPS) is 21.7. The second-order valence-electron chi connectivity index (χ2n) is 4.71. The van der Waals surface area contributed by atoms with Crippen molar-refractivity contribution in [2.24, 2.45) is 0 Å². The van der Waals surface area contributed by atoms with E-state index in [2.05, 4.69) is 5.32 Å². The van der Waals surface area contributed by atoms with E-state index in [0.29, 0.717) is 0 Å². The van der Waals surface area contributed by atoms with E-state index in [-0.39, 0.29) is 28.4 Å². The molecule has 20 heavy (non-hydrogen) atoms. The van der Waals surface area contributed by atoms with Crippen molar-refractivity contribution in [2.45, 2.75) is 31.4 Å². The summed E-state index contributed by atoms with van der Waals surface area (Å²) in [6, 6.07) is 3.74. The molecule has 1 fully saturated rings. The molecule has 2 unspecified atom stereocenters. The first-order valence-corrected chi connectivity index (χ1v) is 6.68. The summed E-state index contributed by atoms with van der Waals surface area (Å²) in [7, 11) is 1.61. The van der Waals surface area contributed by atoms with Crippen LogP contribution in [0.1, 0.15) is 29.6 Å². The lowest BCUT2D eigenvalue weighted by atomic mass is 10.1. The molecule has 1 saturated carbocycles. The molecule has 1 aliphatic rings. The van der Waals surface area contributed by atoms with Crippen LogP contribution >= 0.6 is 11.6 Å². The first kappa shape index (κ1) is 14.7. The summed E-state index contributed by atoms with van der Waals surface area (Å²) in [4.78, 5) is 22.4. The van der Waals surface area contributed by atoms with Crippen LogP contribution in [0.25, 0.3) is 0 Å². The molecule has 1 aromatic rings. The number of nitro benzene ring substituents is 1. The molecule has 2 rings (SSSR count). The number of nitrogens with zero attached hydrogens (tertiary/aromatic N) is 1. The highest BCUT2D eigenvalue weighted by Gasteiger charge is 2.29. The van der Waals surface area contributed by atoms with E-state index in [1.165, 1.54) is 18.2 Å². The summed E-state index contributed by atoms with van der Waals surface area (Å²) in [5, 5.41) is 13.8. The highest BCUT2D eigenvalue weighted by Crippen LogP contribution is 2.25. The number of methoxy groups -OCH3 is 1. The van der Waals surface area contributed by atoms with Crippen molar-refractivity contribution in [1.82, 2.24) is 5.32 Å². The molecule has 0 bridgehead atoms. The standard InChI is InChI=1S/C13H15ClN2O4/c1-20-12-4-2-3-11(12)15-13(17)9-7-8(16(18)19)5-6-10(9)14/h5-7,11-12H,2-4H2,1H3,(H,15,17). The van der Waals surface area contributed by atoms with Gasteiger partial charge in [0, 0.05) is 19.2 Å². The van der Waals surface area contributed by atoms with Crippen molar-refractivity contribution in [3.63, 3.8) is 0 Å². The molecule has 7 heteroatoms. The Bertz CT molecular complexity index is 535. The summed E-state index contributed by atoms with van der Waals surface area (Å²) in [6.45, 7) is 0. The van der Waals surface area contributed by atoms with Gasteiger partial charge in [0.1, 0.15) is 0 Å². The molecular formula is C13H15ClN2O4. The minimum Gasteiger partial charge on any atom is -0.379 e. The van der Waals surface area contributed by atoms with Gasteiger partial charge < -0.3 is 10.1 Å². The minimum absolute atomic E-state index is 0.0172. The predicted molar refractivity (Wildman–Crippen MR) is 74.0 cm³/mol. The molecule has 0 saturated heterocycles. The van der Waals surface area contributed by atoms with Crippen molar-refractivity contribution in [2.75, 3.05) is 7.11 Å². The van der Waals surface area contributed by atoms with Crippen LogP contribution in [0, 0.1) is 10.1 Å². The number of nitrogens with one attached hydrogen (secondary N) is 1. The first-order valence-electron chi connectivity index (χ1n) is 6.30.